The van der Waals surface area contributed by atoms with Crippen molar-refractivity contribution in [1.29, 1.82) is 0 Å². The molecule has 3 rings (SSSR count). The highest BCUT2D eigenvalue weighted by Gasteiger charge is 2.17. The van der Waals surface area contributed by atoms with Crippen molar-refractivity contribution >= 4 is 11.8 Å². The number of carbonyl (C=O) groups is 2. The molecule has 25 heavy (non-hydrogen) atoms. The first-order valence-corrected chi connectivity index (χ1v) is 8.09. The smallest absolute Gasteiger partial charge is 0.273 e. The van der Waals surface area contributed by atoms with Gasteiger partial charge in [0.15, 0.2) is 17.7 Å². The largest absolute Gasteiger partial charge is 0.355 e. The SMILES string of the molecule is O=C(CNC(=O)c1cc(-c2ccccc2)on1)NOC1CCCCO1. The number of benzene rings is 1. The molecule has 0 spiro atoms. The second kappa shape index (κ2) is 8.41. The Morgan fingerprint density at radius 2 is 2.08 bits per heavy atom. The summed E-state index contributed by atoms with van der Waals surface area (Å²) in [5.74, 6) is -0.503. The molecule has 1 atom stereocenters. The summed E-state index contributed by atoms with van der Waals surface area (Å²) in [5.41, 5.74) is 3.18. The Labute approximate surface area is 144 Å². The normalized spacial score (nSPS) is 17.0. The molecule has 1 aromatic carbocycles. The van der Waals surface area contributed by atoms with Crippen LogP contribution in [-0.2, 0) is 14.4 Å². The van der Waals surface area contributed by atoms with E-state index < -0.39 is 18.1 Å². The lowest BCUT2D eigenvalue weighted by atomic mass is 10.1. The molecular weight excluding hydrogens is 326 g/mol. The van der Waals surface area contributed by atoms with Gasteiger partial charge in [-0.15, -0.1) is 0 Å². The number of amides is 2. The van der Waals surface area contributed by atoms with Gasteiger partial charge in [-0.25, -0.2) is 10.3 Å². The highest BCUT2D eigenvalue weighted by molar-refractivity contribution is 5.95. The summed E-state index contributed by atoms with van der Waals surface area (Å²) in [4.78, 5) is 28.9. The zero-order valence-electron chi connectivity index (χ0n) is 13.6. The number of nitrogens with one attached hydrogen (secondary N) is 2. The van der Waals surface area contributed by atoms with Crippen LogP contribution < -0.4 is 10.8 Å². The summed E-state index contributed by atoms with van der Waals surface area (Å²) >= 11 is 0. The summed E-state index contributed by atoms with van der Waals surface area (Å²) in [5, 5.41) is 6.18. The molecule has 8 nitrogen and oxygen atoms in total. The van der Waals surface area contributed by atoms with Crippen LogP contribution in [0, 0.1) is 0 Å². The maximum atomic E-state index is 12.0. The van der Waals surface area contributed by atoms with Crippen LogP contribution in [0.2, 0.25) is 0 Å². The van der Waals surface area contributed by atoms with E-state index in [9.17, 15) is 9.59 Å². The van der Waals surface area contributed by atoms with Gasteiger partial charge in [-0.1, -0.05) is 35.5 Å². The van der Waals surface area contributed by atoms with Crippen LogP contribution in [0.15, 0.2) is 40.9 Å². The van der Waals surface area contributed by atoms with Crippen LogP contribution in [0.25, 0.3) is 11.3 Å². The minimum absolute atomic E-state index is 0.100. The highest BCUT2D eigenvalue weighted by atomic mass is 16.8. The van der Waals surface area contributed by atoms with E-state index in [1.54, 1.807) is 0 Å². The molecule has 2 aromatic rings. The molecule has 1 saturated heterocycles. The average Bonchev–Trinajstić information content (AvgIpc) is 3.16. The average molecular weight is 345 g/mol. The van der Waals surface area contributed by atoms with Gasteiger partial charge < -0.3 is 14.6 Å². The minimum Gasteiger partial charge on any atom is -0.355 e. The van der Waals surface area contributed by atoms with E-state index in [1.807, 2.05) is 30.3 Å². The molecule has 1 aliphatic rings. The van der Waals surface area contributed by atoms with Crippen LogP contribution in [0.4, 0.5) is 0 Å². The first kappa shape index (κ1) is 17.1. The number of carbonyl (C=O) groups excluding carboxylic acids is 2. The third-order valence-electron chi connectivity index (χ3n) is 3.65. The van der Waals surface area contributed by atoms with E-state index >= 15 is 0 Å². The Morgan fingerprint density at radius 3 is 2.84 bits per heavy atom. The lowest BCUT2D eigenvalue weighted by molar-refractivity contribution is -0.200. The van der Waals surface area contributed by atoms with Crippen molar-refractivity contribution < 1.29 is 23.7 Å². The van der Waals surface area contributed by atoms with Gasteiger partial charge in [0.1, 0.15) is 0 Å². The fraction of sp³-hybridized carbons (Fsp3) is 0.353. The third kappa shape index (κ3) is 4.88. The Bertz CT molecular complexity index is 710. The van der Waals surface area contributed by atoms with E-state index in [2.05, 4.69) is 16.0 Å². The molecule has 8 heteroatoms. The van der Waals surface area contributed by atoms with Crippen molar-refractivity contribution in [1.82, 2.24) is 16.0 Å². The van der Waals surface area contributed by atoms with E-state index in [0.717, 1.165) is 24.8 Å². The van der Waals surface area contributed by atoms with Crippen LogP contribution >= 0.6 is 0 Å². The molecular formula is C17H19N3O5. The van der Waals surface area contributed by atoms with Crippen LogP contribution in [0.1, 0.15) is 29.8 Å². The molecule has 132 valence electrons. The predicted octanol–water partition coefficient (Wildman–Crippen LogP) is 1.65. The van der Waals surface area contributed by atoms with Gasteiger partial charge in [0.25, 0.3) is 11.8 Å². The minimum atomic E-state index is -0.505. The first-order valence-electron chi connectivity index (χ1n) is 8.09. The molecule has 1 fully saturated rings. The zero-order chi connectivity index (χ0) is 17.5. The Morgan fingerprint density at radius 1 is 1.24 bits per heavy atom. The quantitative estimate of drug-likeness (QED) is 0.772. The molecule has 0 aliphatic carbocycles. The monoisotopic (exact) mass is 345 g/mol. The fourth-order valence-corrected chi connectivity index (χ4v) is 2.34. The van der Waals surface area contributed by atoms with Crippen molar-refractivity contribution in [2.24, 2.45) is 0 Å². The van der Waals surface area contributed by atoms with Crippen LogP contribution in [-0.4, -0.2) is 36.4 Å². The fourth-order valence-electron chi connectivity index (χ4n) is 2.34. The summed E-state index contributed by atoms with van der Waals surface area (Å²) in [6.45, 7) is 0.381. The second-order valence-electron chi connectivity index (χ2n) is 5.56. The first-order chi connectivity index (χ1) is 12.2. The summed E-state index contributed by atoms with van der Waals surface area (Å²) in [6, 6.07) is 10.8. The van der Waals surface area contributed by atoms with Gasteiger partial charge in [-0.3, -0.25) is 9.59 Å². The molecule has 1 aromatic heterocycles. The number of ether oxygens (including phenoxy) is 1. The van der Waals surface area contributed by atoms with E-state index in [1.165, 1.54) is 6.07 Å². The van der Waals surface area contributed by atoms with E-state index in [4.69, 9.17) is 14.1 Å². The second-order valence-corrected chi connectivity index (χ2v) is 5.56. The molecule has 2 heterocycles. The number of hydrogen-bond acceptors (Lipinski definition) is 6. The maximum Gasteiger partial charge on any atom is 0.273 e. The van der Waals surface area contributed by atoms with Crippen molar-refractivity contribution in [3.63, 3.8) is 0 Å². The number of aromatic nitrogens is 1. The number of hydroxylamine groups is 1. The lowest BCUT2D eigenvalue weighted by Crippen LogP contribution is -2.40. The third-order valence-corrected chi connectivity index (χ3v) is 3.65. The van der Waals surface area contributed by atoms with Crippen molar-refractivity contribution in [3.05, 3.63) is 42.1 Å². The predicted molar refractivity (Wildman–Crippen MR) is 87.1 cm³/mol. The summed E-state index contributed by atoms with van der Waals surface area (Å²) in [7, 11) is 0. The maximum absolute atomic E-state index is 12.0. The van der Waals surface area contributed by atoms with Gasteiger partial charge in [-0.05, 0) is 12.8 Å². The van der Waals surface area contributed by atoms with Gasteiger partial charge >= 0.3 is 0 Å². The molecule has 0 radical (unpaired) electrons. The van der Waals surface area contributed by atoms with Gasteiger partial charge in [0, 0.05) is 24.7 Å². The number of nitrogens with zero attached hydrogens (tertiary/aromatic N) is 1. The van der Waals surface area contributed by atoms with Gasteiger partial charge in [0.05, 0.1) is 6.54 Å². The van der Waals surface area contributed by atoms with Crippen LogP contribution in [0.3, 0.4) is 0 Å². The Balaban J connectivity index is 1.44. The van der Waals surface area contributed by atoms with Crippen molar-refractivity contribution in [2.75, 3.05) is 13.2 Å². The number of rotatable bonds is 6. The molecule has 2 amide bonds. The van der Waals surface area contributed by atoms with Crippen LogP contribution in [0.5, 0.6) is 0 Å². The number of hydrogen-bond donors (Lipinski definition) is 2. The van der Waals surface area contributed by atoms with Gasteiger partial charge in [0.2, 0.25) is 0 Å². The summed E-state index contributed by atoms with van der Waals surface area (Å²) in [6.07, 6.45) is 2.28. The molecule has 0 bridgehead atoms. The molecule has 0 saturated carbocycles. The molecule has 2 N–H and O–H groups in total. The standard InChI is InChI=1S/C17H19N3O5/c21-15(20-25-16-8-4-5-9-23-16)11-18-17(22)13-10-14(24-19-13)12-6-2-1-3-7-12/h1-3,6-7,10,16H,4-5,8-9,11H2,(H,18,22)(H,20,21). The molecule has 1 aliphatic heterocycles. The van der Waals surface area contributed by atoms with Crippen molar-refractivity contribution in [2.45, 2.75) is 25.6 Å². The topological polar surface area (TPSA) is 103 Å². The Kier molecular flexibility index (Phi) is 5.76. The highest BCUT2D eigenvalue weighted by Crippen LogP contribution is 2.19. The van der Waals surface area contributed by atoms with Crippen molar-refractivity contribution in [3.8, 4) is 11.3 Å². The van der Waals surface area contributed by atoms with E-state index in [-0.39, 0.29) is 12.2 Å². The Hall–Kier alpha value is -2.71. The summed E-state index contributed by atoms with van der Waals surface area (Å²) < 4.78 is 10.5. The van der Waals surface area contributed by atoms with Gasteiger partial charge in [-0.2, -0.15) is 0 Å². The lowest BCUT2D eigenvalue weighted by Gasteiger charge is -2.22. The molecule has 1 unspecified atom stereocenters. The van der Waals surface area contributed by atoms with E-state index in [0.29, 0.717) is 12.4 Å². The zero-order valence-corrected chi connectivity index (χ0v) is 13.6.